The van der Waals surface area contributed by atoms with Crippen LogP contribution in [0.25, 0.3) is 0 Å². The largest absolute Gasteiger partial charge is 0.491 e. The molecular formula is C12H19NO2. The van der Waals surface area contributed by atoms with E-state index in [0.717, 1.165) is 18.9 Å². The predicted molar refractivity (Wildman–Crippen MR) is 61.4 cm³/mol. The van der Waals surface area contributed by atoms with Gasteiger partial charge in [-0.15, -0.1) is 0 Å². The molecule has 0 unspecified atom stereocenters. The van der Waals surface area contributed by atoms with Crippen molar-refractivity contribution in [1.29, 1.82) is 0 Å². The number of hydrogen-bond donors (Lipinski definition) is 1. The van der Waals surface area contributed by atoms with Gasteiger partial charge in [-0.05, 0) is 26.1 Å². The minimum Gasteiger partial charge on any atom is -0.491 e. The van der Waals surface area contributed by atoms with E-state index in [9.17, 15) is 0 Å². The molecule has 0 aliphatic rings. The van der Waals surface area contributed by atoms with Gasteiger partial charge in [-0.25, -0.2) is 0 Å². The molecule has 1 aromatic rings. The summed E-state index contributed by atoms with van der Waals surface area (Å²) in [5.74, 6) is 0.901. The Morgan fingerprint density at radius 1 is 1.07 bits per heavy atom. The van der Waals surface area contributed by atoms with Gasteiger partial charge in [0.15, 0.2) is 0 Å². The molecule has 0 spiro atoms. The van der Waals surface area contributed by atoms with Crippen molar-refractivity contribution in [3.63, 3.8) is 0 Å². The van der Waals surface area contributed by atoms with Gasteiger partial charge in [-0.2, -0.15) is 0 Å². The molecule has 15 heavy (non-hydrogen) atoms. The summed E-state index contributed by atoms with van der Waals surface area (Å²) in [6.45, 7) is 4.91. The van der Waals surface area contributed by atoms with Gasteiger partial charge in [0.05, 0.1) is 13.2 Å². The Labute approximate surface area is 91.4 Å². The van der Waals surface area contributed by atoms with Gasteiger partial charge in [0, 0.05) is 6.54 Å². The Balaban J connectivity index is 2.07. The fourth-order valence-electron chi connectivity index (χ4n) is 1.13. The van der Waals surface area contributed by atoms with Gasteiger partial charge in [-0.1, -0.05) is 17.7 Å². The van der Waals surface area contributed by atoms with Crippen LogP contribution >= 0.6 is 0 Å². The quantitative estimate of drug-likeness (QED) is 0.692. The van der Waals surface area contributed by atoms with Gasteiger partial charge in [0.25, 0.3) is 0 Å². The Kier molecular flexibility index (Phi) is 5.81. The van der Waals surface area contributed by atoms with Crippen molar-refractivity contribution in [2.24, 2.45) is 0 Å². The lowest BCUT2D eigenvalue weighted by molar-refractivity contribution is 0.103. The van der Waals surface area contributed by atoms with Crippen LogP contribution in [0.1, 0.15) is 5.56 Å². The van der Waals surface area contributed by atoms with E-state index < -0.39 is 0 Å². The summed E-state index contributed by atoms with van der Waals surface area (Å²) in [4.78, 5) is 0. The highest BCUT2D eigenvalue weighted by Crippen LogP contribution is 2.10. The smallest absolute Gasteiger partial charge is 0.119 e. The summed E-state index contributed by atoms with van der Waals surface area (Å²) in [7, 11) is 1.91. The van der Waals surface area contributed by atoms with Crippen molar-refractivity contribution < 1.29 is 9.47 Å². The zero-order chi connectivity index (χ0) is 10.9. The third-order valence-corrected chi connectivity index (χ3v) is 2.01. The molecule has 84 valence electrons. The maximum atomic E-state index is 5.50. The van der Waals surface area contributed by atoms with Crippen LogP contribution in [0.4, 0.5) is 0 Å². The van der Waals surface area contributed by atoms with E-state index in [0.29, 0.717) is 13.2 Å². The Hall–Kier alpha value is -1.06. The minimum atomic E-state index is 0.604. The standard InChI is InChI=1S/C12H19NO2/c1-11-3-5-12(6-4-11)15-10-9-14-8-7-13-2/h3-6,13H,7-10H2,1-2H3. The lowest BCUT2D eigenvalue weighted by atomic mass is 10.2. The third-order valence-electron chi connectivity index (χ3n) is 2.01. The number of benzene rings is 1. The molecule has 0 heterocycles. The van der Waals surface area contributed by atoms with E-state index in [4.69, 9.17) is 9.47 Å². The van der Waals surface area contributed by atoms with Crippen molar-refractivity contribution in [1.82, 2.24) is 5.32 Å². The van der Waals surface area contributed by atoms with E-state index in [2.05, 4.69) is 12.2 Å². The molecule has 0 radical (unpaired) electrons. The van der Waals surface area contributed by atoms with E-state index in [-0.39, 0.29) is 0 Å². The molecular weight excluding hydrogens is 190 g/mol. The number of aryl methyl sites for hydroxylation is 1. The number of likely N-dealkylation sites (N-methyl/N-ethyl adjacent to an activating group) is 1. The molecule has 0 saturated carbocycles. The van der Waals surface area contributed by atoms with Crippen LogP contribution in [0.3, 0.4) is 0 Å². The molecule has 1 N–H and O–H groups in total. The van der Waals surface area contributed by atoms with Gasteiger partial charge >= 0.3 is 0 Å². The van der Waals surface area contributed by atoms with Gasteiger partial charge in [0.1, 0.15) is 12.4 Å². The number of rotatable bonds is 7. The molecule has 0 bridgehead atoms. The van der Waals surface area contributed by atoms with Crippen LogP contribution in [0, 0.1) is 6.92 Å². The van der Waals surface area contributed by atoms with Gasteiger partial charge < -0.3 is 14.8 Å². The molecule has 3 nitrogen and oxygen atoms in total. The van der Waals surface area contributed by atoms with Crippen LogP contribution in [0.2, 0.25) is 0 Å². The van der Waals surface area contributed by atoms with Crippen molar-refractivity contribution in [2.75, 3.05) is 33.4 Å². The maximum Gasteiger partial charge on any atom is 0.119 e. The number of nitrogens with one attached hydrogen (secondary N) is 1. The zero-order valence-corrected chi connectivity index (χ0v) is 9.45. The van der Waals surface area contributed by atoms with Crippen LogP contribution < -0.4 is 10.1 Å². The highest BCUT2D eigenvalue weighted by Gasteiger charge is 1.92. The molecule has 1 aromatic carbocycles. The molecule has 0 fully saturated rings. The normalized spacial score (nSPS) is 10.3. The van der Waals surface area contributed by atoms with Crippen LogP contribution in [0.15, 0.2) is 24.3 Å². The summed E-state index contributed by atoms with van der Waals surface area (Å²) < 4.78 is 10.8. The minimum absolute atomic E-state index is 0.604. The Morgan fingerprint density at radius 2 is 1.80 bits per heavy atom. The maximum absolute atomic E-state index is 5.50. The molecule has 0 aromatic heterocycles. The fourth-order valence-corrected chi connectivity index (χ4v) is 1.13. The second-order valence-electron chi connectivity index (χ2n) is 3.38. The zero-order valence-electron chi connectivity index (χ0n) is 9.45. The SMILES string of the molecule is CNCCOCCOc1ccc(C)cc1. The first-order valence-electron chi connectivity index (χ1n) is 5.25. The van der Waals surface area contributed by atoms with Crippen molar-refractivity contribution in [3.05, 3.63) is 29.8 Å². The number of ether oxygens (including phenoxy) is 2. The molecule has 0 aliphatic heterocycles. The summed E-state index contributed by atoms with van der Waals surface area (Å²) in [5, 5.41) is 3.02. The van der Waals surface area contributed by atoms with E-state index >= 15 is 0 Å². The third kappa shape index (κ3) is 5.40. The van der Waals surface area contributed by atoms with E-state index in [1.807, 2.05) is 31.3 Å². The highest BCUT2D eigenvalue weighted by atomic mass is 16.5. The van der Waals surface area contributed by atoms with Crippen molar-refractivity contribution in [3.8, 4) is 5.75 Å². The monoisotopic (exact) mass is 209 g/mol. The topological polar surface area (TPSA) is 30.5 Å². The first-order valence-corrected chi connectivity index (χ1v) is 5.25. The predicted octanol–water partition coefficient (Wildman–Crippen LogP) is 1.61. The highest BCUT2D eigenvalue weighted by molar-refractivity contribution is 5.26. The Morgan fingerprint density at radius 3 is 2.47 bits per heavy atom. The second-order valence-corrected chi connectivity index (χ2v) is 3.38. The summed E-state index contributed by atoms with van der Waals surface area (Å²) in [6, 6.07) is 8.03. The van der Waals surface area contributed by atoms with Crippen molar-refractivity contribution >= 4 is 0 Å². The molecule has 0 atom stereocenters. The average Bonchev–Trinajstić information content (AvgIpc) is 2.26. The summed E-state index contributed by atoms with van der Waals surface area (Å²) >= 11 is 0. The first-order chi connectivity index (χ1) is 7.33. The fraction of sp³-hybridized carbons (Fsp3) is 0.500. The van der Waals surface area contributed by atoms with E-state index in [1.54, 1.807) is 0 Å². The molecule has 0 saturated heterocycles. The van der Waals surface area contributed by atoms with Gasteiger partial charge in [0.2, 0.25) is 0 Å². The summed E-state index contributed by atoms with van der Waals surface area (Å²) in [6.07, 6.45) is 0. The van der Waals surface area contributed by atoms with Crippen LogP contribution in [0.5, 0.6) is 5.75 Å². The molecule has 0 aliphatic carbocycles. The lowest BCUT2D eigenvalue weighted by Crippen LogP contribution is -2.16. The average molecular weight is 209 g/mol. The van der Waals surface area contributed by atoms with Crippen LogP contribution in [-0.4, -0.2) is 33.4 Å². The van der Waals surface area contributed by atoms with E-state index in [1.165, 1.54) is 5.56 Å². The van der Waals surface area contributed by atoms with Crippen molar-refractivity contribution in [2.45, 2.75) is 6.92 Å². The molecule has 0 amide bonds. The van der Waals surface area contributed by atoms with Gasteiger partial charge in [-0.3, -0.25) is 0 Å². The summed E-state index contributed by atoms with van der Waals surface area (Å²) in [5.41, 5.74) is 1.24. The Bertz CT molecular complexity index is 259. The first kappa shape index (κ1) is 12.0. The lowest BCUT2D eigenvalue weighted by Gasteiger charge is -2.07. The molecule has 1 rings (SSSR count). The number of hydrogen-bond acceptors (Lipinski definition) is 3. The van der Waals surface area contributed by atoms with Crippen LogP contribution in [-0.2, 0) is 4.74 Å². The second kappa shape index (κ2) is 7.26. The molecule has 3 heteroatoms.